The van der Waals surface area contributed by atoms with Gasteiger partial charge in [-0.1, -0.05) is 25.7 Å². The van der Waals surface area contributed by atoms with Crippen LogP contribution in [0.25, 0.3) is 0 Å². The standard InChI is InChI=1S/C13H23N3O/c1-2-15-13(17)9-12(10-14)16-11-7-5-3-4-6-8-11/h11-12,16H,2-9H2,1H3,(H,15,17). The van der Waals surface area contributed by atoms with Gasteiger partial charge in [0.25, 0.3) is 0 Å². The van der Waals surface area contributed by atoms with Crippen molar-refractivity contribution < 1.29 is 4.79 Å². The van der Waals surface area contributed by atoms with Crippen LogP contribution in [0.3, 0.4) is 0 Å². The Morgan fingerprint density at radius 2 is 2.00 bits per heavy atom. The summed E-state index contributed by atoms with van der Waals surface area (Å²) in [6, 6.07) is 2.26. The molecule has 0 aliphatic heterocycles. The van der Waals surface area contributed by atoms with Crippen molar-refractivity contribution in [3.05, 3.63) is 0 Å². The van der Waals surface area contributed by atoms with Gasteiger partial charge >= 0.3 is 0 Å². The largest absolute Gasteiger partial charge is 0.356 e. The van der Waals surface area contributed by atoms with Gasteiger partial charge in [-0.25, -0.2) is 0 Å². The molecule has 0 aromatic rings. The molecule has 0 aromatic carbocycles. The van der Waals surface area contributed by atoms with Gasteiger partial charge in [0.05, 0.1) is 12.5 Å². The number of carbonyl (C=O) groups is 1. The van der Waals surface area contributed by atoms with Crippen molar-refractivity contribution in [1.82, 2.24) is 10.6 Å². The summed E-state index contributed by atoms with van der Waals surface area (Å²) in [4.78, 5) is 11.4. The zero-order valence-electron chi connectivity index (χ0n) is 10.7. The van der Waals surface area contributed by atoms with E-state index in [9.17, 15) is 4.79 Å². The predicted molar refractivity (Wildman–Crippen MR) is 67.3 cm³/mol. The van der Waals surface area contributed by atoms with Gasteiger partial charge < -0.3 is 5.32 Å². The smallest absolute Gasteiger partial charge is 0.222 e. The average Bonchev–Trinajstić information content (AvgIpc) is 2.57. The number of nitriles is 1. The molecule has 0 saturated heterocycles. The molecule has 1 atom stereocenters. The molecule has 1 aliphatic carbocycles. The molecule has 0 spiro atoms. The van der Waals surface area contributed by atoms with Crippen LogP contribution in [0.5, 0.6) is 0 Å². The van der Waals surface area contributed by atoms with Crippen LogP contribution in [0.1, 0.15) is 51.9 Å². The minimum atomic E-state index is -0.343. The Labute approximate surface area is 104 Å². The van der Waals surface area contributed by atoms with Crippen LogP contribution in [0.15, 0.2) is 0 Å². The Morgan fingerprint density at radius 1 is 1.35 bits per heavy atom. The van der Waals surface area contributed by atoms with Crippen molar-refractivity contribution in [2.75, 3.05) is 6.54 Å². The third kappa shape index (κ3) is 5.69. The Kier molecular flexibility index (Phi) is 6.64. The molecule has 17 heavy (non-hydrogen) atoms. The average molecular weight is 237 g/mol. The Morgan fingerprint density at radius 3 is 2.53 bits per heavy atom. The van der Waals surface area contributed by atoms with Crippen LogP contribution < -0.4 is 10.6 Å². The molecule has 1 amide bonds. The van der Waals surface area contributed by atoms with Crippen molar-refractivity contribution in [2.24, 2.45) is 0 Å². The van der Waals surface area contributed by atoms with Crippen LogP contribution >= 0.6 is 0 Å². The fourth-order valence-electron chi connectivity index (χ4n) is 2.33. The van der Waals surface area contributed by atoms with Gasteiger partial charge in [-0.2, -0.15) is 5.26 Å². The highest BCUT2D eigenvalue weighted by Crippen LogP contribution is 2.17. The maximum atomic E-state index is 11.4. The zero-order chi connectivity index (χ0) is 12.5. The number of hydrogen-bond donors (Lipinski definition) is 2. The van der Waals surface area contributed by atoms with Crippen LogP contribution in [0.4, 0.5) is 0 Å². The topological polar surface area (TPSA) is 64.9 Å². The summed E-state index contributed by atoms with van der Waals surface area (Å²) in [7, 11) is 0. The molecule has 0 aromatic heterocycles. The maximum absolute atomic E-state index is 11.4. The van der Waals surface area contributed by atoms with Crippen LogP contribution in [0.2, 0.25) is 0 Å². The Balaban J connectivity index is 2.34. The van der Waals surface area contributed by atoms with Gasteiger partial charge in [-0.15, -0.1) is 0 Å². The molecule has 0 radical (unpaired) electrons. The van der Waals surface area contributed by atoms with E-state index in [4.69, 9.17) is 5.26 Å². The number of carbonyl (C=O) groups excluding carboxylic acids is 1. The number of nitrogens with one attached hydrogen (secondary N) is 2. The summed E-state index contributed by atoms with van der Waals surface area (Å²) in [5, 5.41) is 15.1. The molecule has 96 valence electrons. The van der Waals surface area contributed by atoms with Crippen molar-refractivity contribution in [3.8, 4) is 6.07 Å². The number of nitrogens with zero attached hydrogens (tertiary/aromatic N) is 1. The van der Waals surface area contributed by atoms with Crippen molar-refractivity contribution in [1.29, 1.82) is 5.26 Å². The predicted octanol–water partition coefficient (Wildman–Crippen LogP) is 1.72. The van der Waals surface area contributed by atoms with E-state index in [0.717, 1.165) is 12.8 Å². The van der Waals surface area contributed by atoms with Gasteiger partial charge in [0.15, 0.2) is 0 Å². The first-order chi connectivity index (χ1) is 8.26. The van der Waals surface area contributed by atoms with Gasteiger partial charge in [-0.05, 0) is 19.8 Å². The number of amides is 1. The molecular weight excluding hydrogens is 214 g/mol. The summed E-state index contributed by atoms with van der Waals surface area (Å²) >= 11 is 0. The second-order valence-electron chi connectivity index (χ2n) is 4.69. The van der Waals surface area contributed by atoms with Gasteiger partial charge in [0.2, 0.25) is 5.91 Å². The lowest BCUT2D eigenvalue weighted by molar-refractivity contribution is -0.121. The van der Waals surface area contributed by atoms with Crippen LogP contribution in [-0.4, -0.2) is 24.5 Å². The van der Waals surface area contributed by atoms with Crippen molar-refractivity contribution in [2.45, 2.75) is 64.0 Å². The maximum Gasteiger partial charge on any atom is 0.222 e. The highest BCUT2D eigenvalue weighted by Gasteiger charge is 2.18. The Hall–Kier alpha value is -1.08. The first kappa shape index (κ1) is 14.0. The molecule has 0 heterocycles. The molecular formula is C13H23N3O. The van der Waals surface area contributed by atoms with Gasteiger partial charge in [0.1, 0.15) is 6.04 Å². The van der Waals surface area contributed by atoms with Crippen LogP contribution in [-0.2, 0) is 4.79 Å². The molecule has 1 aliphatic rings. The van der Waals surface area contributed by atoms with Crippen molar-refractivity contribution in [3.63, 3.8) is 0 Å². The van der Waals surface area contributed by atoms with E-state index < -0.39 is 0 Å². The van der Waals surface area contributed by atoms with Crippen LogP contribution in [0, 0.1) is 11.3 Å². The molecule has 4 heteroatoms. The molecule has 0 bridgehead atoms. The fourth-order valence-corrected chi connectivity index (χ4v) is 2.33. The van der Waals surface area contributed by atoms with E-state index in [-0.39, 0.29) is 18.4 Å². The zero-order valence-corrected chi connectivity index (χ0v) is 10.7. The minimum absolute atomic E-state index is 0.0415. The summed E-state index contributed by atoms with van der Waals surface area (Å²) in [6.45, 7) is 2.51. The molecule has 1 rings (SSSR count). The lowest BCUT2D eigenvalue weighted by Gasteiger charge is -2.19. The van der Waals surface area contributed by atoms with E-state index >= 15 is 0 Å². The number of rotatable bonds is 5. The third-order valence-electron chi connectivity index (χ3n) is 3.21. The highest BCUT2D eigenvalue weighted by atomic mass is 16.1. The lowest BCUT2D eigenvalue weighted by Crippen LogP contribution is -2.40. The van der Waals surface area contributed by atoms with E-state index in [0.29, 0.717) is 12.6 Å². The summed E-state index contributed by atoms with van der Waals surface area (Å²) < 4.78 is 0. The first-order valence-electron chi connectivity index (χ1n) is 6.68. The molecule has 4 nitrogen and oxygen atoms in total. The molecule has 1 fully saturated rings. The summed E-state index contributed by atoms with van der Waals surface area (Å²) in [5.74, 6) is -0.0415. The van der Waals surface area contributed by atoms with E-state index in [1.807, 2.05) is 6.92 Å². The van der Waals surface area contributed by atoms with Gasteiger partial charge in [-0.3, -0.25) is 10.1 Å². The van der Waals surface area contributed by atoms with E-state index in [2.05, 4.69) is 16.7 Å². The van der Waals surface area contributed by atoms with E-state index in [1.165, 1.54) is 25.7 Å². The molecule has 1 unspecified atom stereocenters. The third-order valence-corrected chi connectivity index (χ3v) is 3.21. The minimum Gasteiger partial charge on any atom is -0.356 e. The SMILES string of the molecule is CCNC(=O)CC(C#N)NC1CCCCCC1. The normalized spacial score (nSPS) is 19.1. The van der Waals surface area contributed by atoms with Gasteiger partial charge in [0, 0.05) is 12.6 Å². The molecule has 1 saturated carbocycles. The Bertz CT molecular complexity index is 264. The first-order valence-corrected chi connectivity index (χ1v) is 6.68. The lowest BCUT2D eigenvalue weighted by atomic mass is 10.1. The quantitative estimate of drug-likeness (QED) is 0.715. The molecule has 2 N–H and O–H groups in total. The summed E-state index contributed by atoms with van der Waals surface area (Å²) in [5.41, 5.74) is 0. The monoisotopic (exact) mass is 237 g/mol. The highest BCUT2D eigenvalue weighted by molar-refractivity contribution is 5.76. The fraction of sp³-hybridized carbons (Fsp3) is 0.846. The summed E-state index contributed by atoms with van der Waals surface area (Å²) in [6.07, 6.45) is 7.59. The second kappa shape index (κ2) is 8.08. The number of hydrogen-bond acceptors (Lipinski definition) is 3. The second-order valence-corrected chi connectivity index (χ2v) is 4.69. The van der Waals surface area contributed by atoms with E-state index in [1.54, 1.807) is 0 Å². The van der Waals surface area contributed by atoms with Crippen molar-refractivity contribution >= 4 is 5.91 Å².